The predicted octanol–water partition coefficient (Wildman–Crippen LogP) is 3.11. The standard InChI is InChI=1S/C16H21FN2O2S/c1-11-12(2)19(8-9-21-3)16(18-11)22-10-15(20)13-4-6-14(17)7-5-13/h4-7,15,20H,8-10H2,1-3H3. The summed E-state index contributed by atoms with van der Waals surface area (Å²) < 4.78 is 20.1. The Bertz CT molecular complexity index is 613. The number of thioether (sulfide) groups is 1. The molecule has 22 heavy (non-hydrogen) atoms. The van der Waals surface area contributed by atoms with Gasteiger partial charge in [-0.3, -0.25) is 0 Å². The molecule has 0 saturated heterocycles. The van der Waals surface area contributed by atoms with Gasteiger partial charge < -0.3 is 14.4 Å². The third kappa shape index (κ3) is 4.09. The van der Waals surface area contributed by atoms with Crippen LogP contribution in [0.15, 0.2) is 29.4 Å². The number of aryl methyl sites for hydroxylation is 1. The molecule has 0 aliphatic carbocycles. The number of aromatic nitrogens is 2. The zero-order valence-corrected chi connectivity index (χ0v) is 13.9. The molecule has 1 aromatic heterocycles. The first-order valence-electron chi connectivity index (χ1n) is 7.12. The lowest BCUT2D eigenvalue weighted by Gasteiger charge is -2.12. The van der Waals surface area contributed by atoms with E-state index in [1.54, 1.807) is 19.2 Å². The maximum absolute atomic E-state index is 12.9. The lowest BCUT2D eigenvalue weighted by Crippen LogP contribution is -2.08. The molecule has 1 N–H and O–H groups in total. The molecule has 1 atom stereocenters. The van der Waals surface area contributed by atoms with Crippen LogP contribution in [0, 0.1) is 19.7 Å². The van der Waals surface area contributed by atoms with Gasteiger partial charge in [-0.25, -0.2) is 9.37 Å². The summed E-state index contributed by atoms with van der Waals surface area (Å²) in [5.74, 6) is 0.166. The van der Waals surface area contributed by atoms with Crippen molar-refractivity contribution in [2.24, 2.45) is 0 Å². The van der Waals surface area contributed by atoms with Crippen LogP contribution in [0.2, 0.25) is 0 Å². The van der Waals surface area contributed by atoms with Gasteiger partial charge in [-0.05, 0) is 31.5 Å². The maximum Gasteiger partial charge on any atom is 0.168 e. The Kier molecular flexibility index (Phi) is 5.99. The van der Waals surface area contributed by atoms with Crippen molar-refractivity contribution < 1.29 is 14.2 Å². The average Bonchev–Trinajstić information content (AvgIpc) is 2.78. The number of halogens is 1. The van der Waals surface area contributed by atoms with E-state index in [9.17, 15) is 9.50 Å². The molecule has 0 aliphatic rings. The molecule has 1 unspecified atom stereocenters. The Morgan fingerprint density at radius 1 is 1.32 bits per heavy atom. The molecule has 0 bridgehead atoms. The highest BCUT2D eigenvalue weighted by atomic mass is 32.2. The van der Waals surface area contributed by atoms with E-state index in [-0.39, 0.29) is 5.82 Å². The number of benzene rings is 1. The minimum absolute atomic E-state index is 0.301. The van der Waals surface area contributed by atoms with Gasteiger partial charge >= 0.3 is 0 Å². The topological polar surface area (TPSA) is 47.3 Å². The largest absolute Gasteiger partial charge is 0.388 e. The molecule has 0 radical (unpaired) electrons. The van der Waals surface area contributed by atoms with Gasteiger partial charge in [-0.15, -0.1) is 0 Å². The summed E-state index contributed by atoms with van der Waals surface area (Å²) in [5, 5.41) is 11.1. The average molecular weight is 324 g/mol. The quantitative estimate of drug-likeness (QED) is 0.795. The molecule has 120 valence electrons. The van der Waals surface area contributed by atoms with E-state index in [1.165, 1.54) is 23.9 Å². The predicted molar refractivity (Wildman–Crippen MR) is 85.7 cm³/mol. The van der Waals surface area contributed by atoms with Gasteiger partial charge in [0.05, 0.1) is 18.4 Å². The van der Waals surface area contributed by atoms with E-state index in [0.29, 0.717) is 17.9 Å². The highest BCUT2D eigenvalue weighted by molar-refractivity contribution is 7.99. The van der Waals surface area contributed by atoms with Crippen LogP contribution >= 0.6 is 11.8 Å². The van der Waals surface area contributed by atoms with Crippen LogP contribution in [0.1, 0.15) is 23.1 Å². The second-order valence-corrected chi connectivity index (χ2v) is 6.08. The van der Waals surface area contributed by atoms with Crippen molar-refractivity contribution in [1.82, 2.24) is 9.55 Å². The summed E-state index contributed by atoms with van der Waals surface area (Å²) in [6, 6.07) is 5.93. The van der Waals surface area contributed by atoms with Crippen LogP contribution in [-0.4, -0.2) is 34.1 Å². The third-order valence-electron chi connectivity index (χ3n) is 3.57. The molecule has 0 fully saturated rings. The molecule has 2 rings (SSSR count). The molecular formula is C16H21FN2O2S. The SMILES string of the molecule is COCCn1c(SCC(O)c2ccc(F)cc2)nc(C)c1C. The number of aliphatic hydroxyl groups excluding tert-OH is 1. The molecule has 0 saturated carbocycles. The molecule has 0 amide bonds. The smallest absolute Gasteiger partial charge is 0.168 e. The first-order valence-corrected chi connectivity index (χ1v) is 8.10. The summed E-state index contributed by atoms with van der Waals surface area (Å²) in [5.41, 5.74) is 2.79. The Balaban J connectivity index is 2.04. The van der Waals surface area contributed by atoms with E-state index < -0.39 is 6.10 Å². The molecule has 0 spiro atoms. The number of hydrogen-bond acceptors (Lipinski definition) is 4. The van der Waals surface area contributed by atoms with Crippen molar-refractivity contribution >= 4 is 11.8 Å². The first kappa shape index (κ1) is 17.0. The fourth-order valence-corrected chi connectivity index (χ4v) is 3.20. The van der Waals surface area contributed by atoms with Crippen LogP contribution in [0.25, 0.3) is 0 Å². The summed E-state index contributed by atoms with van der Waals surface area (Å²) in [6.45, 7) is 5.35. The Morgan fingerprint density at radius 2 is 2.00 bits per heavy atom. The minimum Gasteiger partial charge on any atom is -0.388 e. The number of rotatable bonds is 7. The number of methoxy groups -OCH3 is 1. The lowest BCUT2D eigenvalue weighted by molar-refractivity contribution is 0.184. The van der Waals surface area contributed by atoms with Crippen LogP contribution < -0.4 is 0 Å². The van der Waals surface area contributed by atoms with Gasteiger partial charge in [-0.1, -0.05) is 23.9 Å². The van der Waals surface area contributed by atoms with Crippen LogP contribution in [0.4, 0.5) is 4.39 Å². The fourth-order valence-electron chi connectivity index (χ4n) is 2.11. The molecule has 6 heteroatoms. The number of aliphatic hydroxyl groups is 1. The summed E-state index contributed by atoms with van der Waals surface area (Å²) in [7, 11) is 1.67. The normalized spacial score (nSPS) is 12.6. The van der Waals surface area contributed by atoms with Crippen LogP contribution in [0.5, 0.6) is 0 Å². The van der Waals surface area contributed by atoms with Gasteiger partial charge in [-0.2, -0.15) is 0 Å². The van der Waals surface area contributed by atoms with E-state index in [4.69, 9.17) is 4.74 Å². The highest BCUT2D eigenvalue weighted by Gasteiger charge is 2.14. The lowest BCUT2D eigenvalue weighted by atomic mass is 10.1. The monoisotopic (exact) mass is 324 g/mol. The third-order valence-corrected chi connectivity index (χ3v) is 4.62. The first-order chi connectivity index (χ1) is 10.5. The van der Waals surface area contributed by atoms with E-state index in [1.807, 2.05) is 13.8 Å². The van der Waals surface area contributed by atoms with E-state index >= 15 is 0 Å². The van der Waals surface area contributed by atoms with Crippen LogP contribution in [0.3, 0.4) is 0 Å². The Hall–Kier alpha value is -1.37. The summed E-state index contributed by atoms with van der Waals surface area (Å²) in [6.07, 6.45) is -0.654. The van der Waals surface area contributed by atoms with Crippen molar-refractivity contribution in [3.8, 4) is 0 Å². The minimum atomic E-state index is -0.654. The molecular weight excluding hydrogens is 303 g/mol. The molecule has 1 heterocycles. The van der Waals surface area contributed by atoms with Gasteiger partial charge in [0.1, 0.15) is 5.82 Å². The van der Waals surface area contributed by atoms with Crippen LogP contribution in [-0.2, 0) is 11.3 Å². The number of imidazole rings is 1. The molecule has 2 aromatic rings. The van der Waals surface area contributed by atoms with Gasteiger partial charge in [0.2, 0.25) is 0 Å². The van der Waals surface area contributed by atoms with Crippen molar-refractivity contribution in [3.63, 3.8) is 0 Å². The van der Waals surface area contributed by atoms with E-state index in [2.05, 4.69) is 9.55 Å². The molecule has 4 nitrogen and oxygen atoms in total. The number of nitrogens with zero attached hydrogens (tertiary/aromatic N) is 2. The van der Waals surface area contributed by atoms with Crippen molar-refractivity contribution in [2.75, 3.05) is 19.5 Å². The van der Waals surface area contributed by atoms with Gasteiger partial charge in [0.15, 0.2) is 5.16 Å². The van der Waals surface area contributed by atoms with Crippen molar-refractivity contribution in [3.05, 3.63) is 47.0 Å². The van der Waals surface area contributed by atoms with Gasteiger partial charge in [0, 0.05) is 25.1 Å². The zero-order chi connectivity index (χ0) is 16.1. The summed E-state index contributed by atoms with van der Waals surface area (Å²) in [4.78, 5) is 4.54. The second-order valence-electron chi connectivity index (χ2n) is 5.09. The number of ether oxygens (including phenoxy) is 1. The van der Waals surface area contributed by atoms with Gasteiger partial charge in [0.25, 0.3) is 0 Å². The van der Waals surface area contributed by atoms with Crippen molar-refractivity contribution in [2.45, 2.75) is 31.7 Å². The zero-order valence-electron chi connectivity index (χ0n) is 13.0. The molecule has 1 aromatic carbocycles. The van der Waals surface area contributed by atoms with E-state index in [0.717, 1.165) is 23.1 Å². The summed E-state index contributed by atoms with van der Waals surface area (Å²) >= 11 is 1.49. The molecule has 0 aliphatic heterocycles. The second kappa shape index (κ2) is 7.76. The Labute approximate surface area is 134 Å². The highest BCUT2D eigenvalue weighted by Crippen LogP contribution is 2.26. The maximum atomic E-state index is 12.9. The van der Waals surface area contributed by atoms with Crippen molar-refractivity contribution in [1.29, 1.82) is 0 Å². The fraction of sp³-hybridized carbons (Fsp3) is 0.438. The Morgan fingerprint density at radius 3 is 2.64 bits per heavy atom. The number of hydrogen-bond donors (Lipinski definition) is 1.